The van der Waals surface area contributed by atoms with Crippen LogP contribution in [0.1, 0.15) is 30.0 Å². The van der Waals surface area contributed by atoms with Crippen LogP contribution >= 0.6 is 0 Å². The molecule has 2 N–H and O–H groups in total. The number of nitrogen functional groups attached to an aromatic ring is 1. The van der Waals surface area contributed by atoms with Crippen molar-refractivity contribution in [1.82, 2.24) is 0 Å². The molecule has 0 amide bonds. The normalized spacial score (nSPS) is 10.6. The molecular weight excluding hydrogens is 218 g/mol. The quantitative estimate of drug-likeness (QED) is 0.784. The summed E-state index contributed by atoms with van der Waals surface area (Å²) in [5, 5.41) is 0. The molecule has 0 aliphatic heterocycles. The number of rotatable bonds is 3. The first-order chi connectivity index (χ1) is 8.61. The molecule has 0 saturated heterocycles. The first-order valence-corrected chi connectivity index (χ1v) is 6.58. The molecule has 0 spiro atoms. The Hall–Kier alpha value is -1.76. The van der Waals surface area contributed by atoms with Crippen molar-refractivity contribution in [3.8, 4) is 11.1 Å². The first kappa shape index (κ1) is 12.7. The Morgan fingerprint density at radius 2 is 1.44 bits per heavy atom. The molecule has 2 rings (SSSR count). The van der Waals surface area contributed by atoms with Crippen molar-refractivity contribution in [3.05, 3.63) is 53.1 Å². The fourth-order valence-electron chi connectivity index (χ4n) is 2.29. The Morgan fingerprint density at radius 3 is 1.94 bits per heavy atom. The summed E-state index contributed by atoms with van der Waals surface area (Å²) in [6.45, 7) is 6.34. The van der Waals surface area contributed by atoms with Gasteiger partial charge in [0.2, 0.25) is 0 Å². The number of aryl methyl sites for hydroxylation is 3. The molecule has 0 fully saturated rings. The van der Waals surface area contributed by atoms with Crippen molar-refractivity contribution in [2.45, 2.75) is 33.6 Å². The molecular formula is C17H21N. The van der Waals surface area contributed by atoms with Crippen LogP contribution in [0.25, 0.3) is 11.1 Å². The van der Waals surface area contributed by atoms with Gasteiger partial charge >= 0.3 is 0 Å². The summed E-state index contributed by atoms with van der Waals surface area (Å²) >= 11 is 0. The highest BCUT2D eigenvalue weighted by Gasteiger charge is 2.04. The zero-order chi connectivity index (χ0) is 13.1. The molecule has 1 heteroatoms. The number of benzene rings is 2. The van der Waals surface area contributed by atoms with E-state index in [2.05, 4.69) is 57.2 Å². The standard InChI is InChI=1S/C17H21N/c1-4-5-14-6-8-15(9-7-14)16-10-12(2)17(18)13(3)11-16/h6-11H,4-5,18H2,1-3H3. The molecule has 0 atom stereocenters. The molecule has 2 aromatic carbocycles. The monoisotopic (exact) mass is 239 g/mol. The van der Waals surface area contributed by atoms with Crippen LogP contribution in [-0.2, 0) is 6.42 Å². The Labute approximate surface area is 110 Å². The maximum Gasteiger partial charge on any atom is 0.0373 e. The van der Waals surface area contributed by atoms with E-state index in [4.69, 9.17) is 5.73 Å². The lowest BCUT2D eigenvalue weighted by molar-refractivity contribution is 0.922. The molecule has 1 nitrogen and oxygen atoms in total. The summed E-state index contributed by atoms with van der Waals surface area (Å²) in [5.41, 5.74) is 13.1. The van der Waals surface area contributed by atoms with E-state index in [-0.39, 0.29) is 0 Å². The fraction of sp³-hybridized carbons (Fsp3) is 0.294. The lowest BCUT2D eigenvalue weighted by Gasteiger charge is -2.09. The van der Waals surface area contributed by atoms with Crippen LogP contribution in [0.3, 0.4) is 0 Å². The fourth-order valence-corrected chi connectivity index (χ4v) is 2.29. The van der Waals surface area contributed by atoms with Crippen LogP contribution in [0.2, 0.25) is 0 Å². The summed E-state index contributed by atoms with van der Waals surface area (Å²) in [6, 6.07) is 13.2. The molecule has 0 saturated carbocycles. The molecule has 0 bridgehead atoms. The minimum absolute atomic E-state index is 0.904. The van der Waals surface area contributed by atoms with E-state index in [9.17, 15) is 0 Å². The summed E-state index contributed by atoms with van der Waals surface area (Å²) in [5.74, 6) is 0. The van der Waals surface area contributed by atoms with Crippen molar-refractivity contribution in [2.24, 2.45) is 0 Å². The Morgan fingerprint density at radius 1 is 0.889 bits per heavy atom. The Kier molecular flexibility index (Phi) is 3.71. The van der Waals surface area contributed by atoms with E-state index in [0.29, 0.717) is 0 Å². The smallest absolute Gasteiger partial charge is 0.0373 e. The van der Waals surface area contributed by atoms with Gasteiger partial charge in [-0.15, -0.1) is 0 Å². The van der Waals surface area contributed by atoms with E-state index >= 15 is 0 Å². The molecule has 0 unspecified atom stereocenters. The third-order valence-electron chi connectivity index (χ3n) is 3.42. The number of nitrogens with two attached hydrogens (primary N) is 1. The molecule has 18 heavy (non-hydrogen) atoms. The topological polar surface area (TPSA) is 26.0 Å². The van der Waals surface area contributed by atoms with Crippen LogP contribution in [-0.4, -0.2) is 0 Å². The highest BCUT2D eigenvalue weighted by molar-refractivity contribution is 5.70. The van der Waals surface area contributed by atoms with Crippen LogP contribution < -0.4 is 5.73 Å². The van der Waals surface area contributed by atoms with Gasteiger partial charge in [-0.2, -0.15) is 0 Å². The van der Waals surface area contributed by atoms with Gasteiger partial charge in [-0.3, -0.25) is 0 Å². The highest BCUT2D eigenvalue weighted by Crippen LogP contribution is 2.26. The second-order valence-electron chi connectivity index (χ2n) is 4.97. The van der Waals surface area contributed by atoms with Gasteiger partial charge < -0.3 is 5.73 Å². The average Bonchev–Trinajstić information content (AvgIpc) is 2.37. The van der Waals surface area contributed by atoms with Gasteiger partial charge in [-0.05, 0) is 60.2 Å². The third kappa shape index (κ3) is 2.56. The predicted octanol–water partition coefficient (Wildman–Crippen LogP) is 4.51. The predicted molar refractivity (Wildman–Crippen MR) is 79.8 cm³/mol. The molecule has 94 valence electrons. The zero-order valence-electron chi connectivity index (χ0n) is 11.5. The molecule has 0 heterocycles. The third-order valence-corrected chi connectivity index (χ3v) is 3.42. The summed E-state index contributed by atoms with van der Waals surface area (Å²) in [6.07, 6.45) is 2.35. The number of anilines is 1. The van der Waals surface area contributed by atoms with Gasteiger partial charge in [0.25, 0.3) is 0 Å². The first-order valence-electron chi connectivity index (χ1n) is 6.58. The number of hydrogen-bond donors (Lipinski definition) is 1. The minimum atomic E-state index is 0.904. The summed E-state index contributed by atoms with van der Waals surface area (Å²) < 4.78 is 0. The molecule has 0 aliphatic carbocycles. The minimum Gasteiger partial charge on any atom is -0.398 e. The number of hydrogen-bond acceptors (Lipinski definition) is 1. The van der Waals surface area contributed by atoms with Crippen molar-refractivity contribution in [3.63, 3.8) is 0 Å². The van der Waals surface area contributed by atoms with Gasteiger partial charge in [-0.25, -0.2) is 0 Å². The molecule has 0 aliphatic rings. The largest absolute Gasteiger partial charge is 0.398 e. The van der Waals surface area contributed by atoms with Crippen molar-refractivity contribution >= 4 is 5.69 Å². The Balaban J connectivity index is 2.36. The van der Waals surface area contributed by atoms with Crippen molar-refractivity contribution in [2.75, 3.05) is 5.73 Å². The summed E-state index contributed by atoms with van der Waals surface area (Å²) in [4.78, 5) is 0. The van der Waals surface area contributed by atoms with Crippen LogP contribution in [0.5, 0.6) is 0 Å². The van der Waals surface area contributed by atoms with E-state index in [0.717, 1.165) is 23.2 Å². The average molecular weight is 239 g/mol. The Bertz CT molecular complexity index is 515. The van der Waals surface area contributed by atoms with E-state index in [1.807, 2.05) is 0 Å². The van der Waals surface area contributed by atoms with Crippen molar-refractivity contribution < 1.29 is 0 Å². The second kappa shape index (κ2) is 5.26. The van der Waals surface area contributed by atoms with Gasteiger partial charge in [0.05, 0.1) is 0 Å². The van der Waals surface area contributed by atoms with Gasteiger partial charge in [-0.1, -0.05) is 37.6 Å². The maximum atomic E-state index is 5.99. The van der Waals surface area contributed by atoms with E-state index < -0.39 is 0 Å². The SMILES string of the molecule is CCCc1ccc(-c2cc(C)c(N)c(C)c2)cc1. The zero-order valence-corrected chi connectivity index (χ0v) is 11.5. The highest BCUT2D eigenvalue weighted by atomic mass is 14.6. The maximum absolute atomic E-state index is 5.99. The van der Waals surface area contributed by atoms with Crippen LogP contribution in [0.15, 0.2) is 36.4 Å². The second-order valence-corrected chi connectivity index (χ2v) is 4.97. The van der Waals surface area contributed by atoms with Gasteiger partial charge in [0, 0.05) is 5.69 Å². The van der Waals surface area contributed by atoms with E-state index in [1.165, 1.54) is 23.1 Å². The summed E-state index contributed by atoms with van der Waals surface area (Å²) in [7, 11) is 0. The molecule has 0 radical (unpaired) electrons. The van der Waals surface area contributed by atoms with Crippen molar-refractivity contribution in [1.29, 1.82) is 0 Å². The lowest BCUT2D eigenvalue weighted by Crippen LogP contribution is -1.94. The molecule has 2 aromatic rings. The van der Waals surface area contributed by atoms with E-state index in [1.54, 1.807) is 0 Å². The molecule has 0 aromatic heterocycles. The lowest BCUT2D eigenvalue weighted by atomic mass is 9.98. The van der Waals surface area contributed by atoms with Gasteiger partial charge in [0.15, 0.2) is 0 Å². The van der Waals surface area contributed by atoms with Crippen LogP contribution in [0.4, 0.5) is 5.69 Å². The van der Waals surface area contributed by atoms with Gasteiger partial charge in [0.1, 0.15) is 0 Å². The van der Waals surface area contributed by atoms with Crippen LogP contribution in [0, 0.1) is 13.8 Å².